The van der Waals surface area contributed by atoms with Gasteiger partial charge < -0.3 is 5.32 Å². The number of para-hydroxylation sites is 1. The van der Waals surface area contributed by atoms with E-state index in [1.807, 2.05) is 41.1 Å². The van der Waals surface area contributed by atoms with E-state index in [0.717, 1.165) is 29.3 Å². The second-order valence-electron chi connectivity index (χ2n) is 8.03. The molecule has 0 saturated heterocycles. The molecule has 0 spiro atoms. The third kappa shape index (κ3) is 7.35. The first kappa shape index (κ1) is 25.3. The number of carbonyl (C=O) groups excluding carboxylic acids is 1. The molecule has 172 valence electrons. The molecule has 7 heteroatoms. The number of carbonyl (C=O) groups is 1. The third-order valence-electron chi connectivity index (χ3n) is 5.55. The van der Waals surface area contributed by atoms with Crippen molar-refractivity contribution in [1.82, 2.24) is 15.1 Å². The van der Waals surface area contributed by atoms with E-state index in [1.54, 1.807) is 6.07 Å². The summed E-state index contributed by atoms with van der Waals surface area (Å²) in [5, 5.41) is 9.71. The number of hydrogen-bond acceptors (Lipinski definition) is 2. The van der Waals surface area contributed by atoms with Crippen molar-refractivity contribution >= 4 is 62.6 Å². The minimum absolute atomic E-state index is 0.124. The molecule has 1 aromatic heterocycles. The van der Waals surface area contributed by atoms with Crippen molar-refractivity contribution in [2.45, 2.75) is 57.9 Å². The molecule has 1 amide bonds. The lowest BCUT2D eigenvalue weighted by atomic mass is 10.1. The van der Waals surface area contributed by atoms with E-state index >= 15 is 0 Å². The molecule has 0 saturated carbocycles. The molecule has 0 aliphatic rings. The second kappa shape index (κ2) is 13.4. The first-order valence-electron chi connectivity index (χ1n) is 11.3. The molecule has 0 aliphatic heterocycles. The number of unbranched alkanes of at least 4 members (excludes halogenated alkanes) is 7. The monoisotopic (exact) mass is 585 g/mol. The summed E-state index contributed by atoms with van der Waals surface area (Å²) in [5.74, 6) is -0.124. The number of nitrogens with one attached hydrogen (secondary N) is 1. The van der Waals surface area contributed by atoms with E-state index < -0.39 is 0 Å². The molecule has 3 aromatic rings. The highest BCUT2D eigenvalue weighted by Gasteiger charge is 2.17. The Morgan fingerprint density at radius 3 is 2.34 bits per heavy atom. The van der Waals surface area contributed by atoms with Gasteiger partial charge >= 0.3 is 0 Å². The molecule has 1 N–H and O–H groups in total. The number of halogens is 3. The van der Waals surface area contributed by atoms with E-state index in [9.17, 15) is 4.79 Å². The van der Waals surface area contributed by atoms with E-state index in [2.05, 4.69) is 33.0 Å². The van der Waals surface area contributed by atoms with Crippen LogP contribution >= 0.6 is 45.8 Å². The molecule has 0 unspecified atom stereocenters. The molecule has 0 fully saturated rings. The summed E-state index contributed by atoms with van der Waals surface area (Å²) in [4.78, 5) is 12.8. The predicted molar refractivity (Wildman–Crippen MR) is 143 cm³/mol. The van der Waals surface area contributed by atoms with E-state index in [4.69, 9.17) is 23.2 Å². The average molecular weight is 586 g/mol. The Balaban J connectivity index is 1.54. The van der Waals surface area contributed by atoms with Crippen LogP contribution in [0.15, 0.2) is 42.5 Å². The average Bonchev–Trinajstić information content (AvgIpc) is 3.15. The molecule has 0 bridgehead atoms. The maximum atomic E-state index is 12.8. The summed E-state index contributed by atoms with van der Waals surface area (Å²) in [6.07, 6.45) is 10.0. The van der Waals surface area contributed by atoms with Gasteiger partial charge in [0, 0.05) is 22.0 Å². The maximum absolute atomic E-state index is 12.8. The quantitative estimate of drug-likeness (QED) is 0.127. The van der Waals surface area contributed by atoms with Gasteiger partial charge in [0.15, 0.2) is 5.69 Å². The van der Waals surface area contributed by atoms with Crippen LogP contribution in [0.25, 0.3) is 10.9 Å². The first-order chi connectivity index (χ1) is 15.6. The Bertz CT molecular complexity index is 1020. The van der Waals surface area contributed by atoms with Crippen LogP contribution in [-0.2, 0) is 6.54 Å². The topological polar surface area (TPSA) is 46.9 Å². The van der Waals surface area contributed by atoms with Gasteiger partial charge in [-0.2, -0.15) is 5.10 Å². The molecule has 3 rings (SSSR count). The Labute approximate surface area is 214 Å². The van der Waals surface area contributed by atoms with Crippen molar-refractivity contribution in [3.05, 3.63) is 63.8 Å². The van der Waals surface area contributed by atoms with Crippen molar-refractivity contribution in [3.8, 4) is 0 Å². The lowest BCUT2D eigenvalue weighted by Crippen LogP contribution is -2.25. The normalized spacial score (nSPS) is 11.2. The molecule has 4 nitrogen and oxygen atoms in total. The second-order valence-corrected chi connectivity index (χ2v) is 9.95. The lowest BCUT2D eigenvalue weighted by molar-refractivity contribution is 0.0948. The van der Waals surface area contributed by atoms with Crippen LogP contribution in [0.1, 0.15) is 67.4 Å². The van der Waals surface area contributed by atoms with Gasteiger partial charge in [0.2, 0.25) is 0 Å². The lowest BCUT2D eigenvalue weighted by Gasteiger charge is -2.06. The summed E-state index contributed by atoms with van der Waals surface area (Å²) in [7, 11) is 0. The number of amides is 1. The van der Waals surface area contributed by atoms with Crippen molar-refractivity contribution in [2.75, 3.05) is 11.0 Å². The highest BCUT2D eigenvalue weighted by molar-refractivity contribution is 14.1. The SMILES string of the molecule is O=C(NCCCCCCCCCCI)c1nn(Cc2ccc(Cl)cc2Cl)c2ccccc12. The van der Waals surface area contributed by atoms with Gasteiger partial charge in [-0.3, -0.25) is 9.48 Å². The Morgan fingerprint density at radius 2 is 1.62 bits per heavy atom. The highest BCUT2D eigenvalue weighted by Crippen LogP contribution is 2.24. The standard InChI is InChI=1S/C25H30Cl2IN3O/c26-20-14-13-19(22(27)17-20)18-31-23-12-8-7-11-21(23)24(30-31)25(32)29-16-10-6-4-2-1-3-5-9-15-28/h7-8,11-14,17H,1-6,9-10,15-16,18H2,(H,29,32). The van der Waals surface area contributed by atoms with Crippen LogP contribution < -0.4 is 5.32 Å². The van der Waals surface area contributed by atoms with Crippen molar-refractivity contribution in [2.24, 2.45) is 0 Å². The van der Waals surface area contributed by atoms with Crippen molar-refractivity contribution < 1.29 is 4.79 Å². The molecular weight excluding hydrogens is 556 g/mol. The van der Waals surface area contributed by atoms with Crippen LogP contribution in [0.4, 0.5) is 0 Å². The fraction of sp³-hybridized carbons (Fsp3) is 0.440. The van der Waals surface area contributed by atoms with Gasteiger partial charge in [-0.15, -0.1) is 0 Å². The summed E-state index contributed by atoms with van der Waals surface area (Å²) in [5.41, 5.74) is 2.28. The minimum atomic E-state index is -0.124. The number of benzene rings is 2. The Kier molecular flexibility index (Phi) is 10.6. The molecular formula is C25H30Cl2IN3O. The van der Waals surface area contributed by atoms with Crippen LogP contribution in [0.5, 0.6) is 0 Å². The zero-order valence-electron chi connectivity index (χ0n) is 18.3. The maximum Gasteiger partial charge on any atom is 0.272 e. The van der Waals surface area contributed by atoms with Gasteiger partial charge in [-0.25, -0.2) is 0 Å². The summed E-state index contributed by atoms with van der Waals surface area (Å²) in [6, 6.07) is 13.2. The minimum Gasteiger partial charge on any atom is -0.351 e. The van der Waals surface area contributed by atoms with Gasteiger partial charge in [-0.1, -0.05) is 109 Å². The molecule has 1 heterocycles. The number of alkyl halides is 1. The molecule has 32 heavy (non-hydrogen) atoms. The highest BCUT2D eigenvalue weighted by atomic mass is 127. The molecule has 0 radical (unpaired) electrons. The number of aromatic nitrogens is 2. The Morgan fingerprint density at radius 1 is 0.938 bits per heavy atom. The molecule has 0 aliphatic carbocycles. The summed E-state index contributed by atoms with van der Waals surface area (Å²) >= 11 is 14.8. The largest absolute Gasteiger partial charge is 0.351 e. The zero-order chi connectivity index (χ0) is 22.8. The van der Waals surface area contributed by atoms with Crippen LogP contribution in [-0.4, -0.2) is 26.7 Å². The number of rotatable bonds is 13. The van der Waals surface area contributed by atoms with E-state index in [1.165, 1.54) is 43.0 Å². The zero-order valence-corrected chi connectivity index (χ0v) is 21.9. The van der Waals surface area contributed by atoms with Crippen LogP contribution in [0.2, 0.25) is 10.0 Å². The predicted octanol–water partition coefficient (Wildman–Crippen LogP) is 7.68. The number of nitrogens with zero attached hydrogens (tertiary/aromatic N) is 2. The van der Waals surface area contributed by atoms with Crippen molar-refractivity contribution in [1.29, 1.82) is 0 Å². The van der Waals surface area contributed by atoms with Gasteiger partial charge in [-0.05, 0) is 41.0 Å². The fourth-order valence-electron chi connectivity index (χ4n) is 3.79. The summed E-state index contributed by atoms with van der Waals surface area (Å²) < 4.78 is 3.09. The first-order valence-corrected chi connectivity index (χ1v) is 13.6. The van der Waals surface area contributed by atoms with Crippen molar-refractivity contribution in [3.63, 3.8) is 0 Å². The Hall–Kier alpha value is -1.31. The molecule has 2 aromatic carbocycles. The number of fused-ring (bicyclic) bond motifs is 1. The summed E-state index contributed by atoms with van der Waals surface area (Å²) in [6.45, 7) is 1.15. The fourth-order valence-corrected chi connectivity index (χ4v) is 4.80. The van der Waals surface area contributed by atoms with Crippen LogP contribution in [0, 0.1) is 0 Å². The van der Waals surface area contributed by atoms with Gasteiger partial charge in [0.1, 0.15) is 0 Å². The van der Waals surface area contributed by atoms with Crippen LogP contribution in [0.3, 0.4) is 0 Å². The van der Waals surface area contributed by atoms with Gasteiger partial charge in [0.25, 0.3) is 5.91 Å². The van der Waals surface area contributed by atoms with E-state index in [0.29, 0.717) is 28.8 Å². The number of hydrogen-bond donors (Lipinski definition) is 1. The molecule has 0 atom stereocenters. The van der Waals surface area contributed by atoms with E-state index in [-0.39, 0.29) is 5.91 Å². The third-order valence-corrected chi connectivity index (χ3v) is 6.90. The smallest absolute Gasteiger partial charge is 0.272 e. The van der Waals surface area contributed by atoms with Gasteiger partial charge in [0.05, 0.1) is 12.1 Å².